The first-order valence-electron chi connectivity index (χ1n) is 20.3. The van der Waals surface area contributed by atoms with Crippen molar-refractivity contribution in [2.24, 2.45) is 34.5 Å². The Morgan fingerprint density at radius 3 is 2.27 bits per heavy atom. The van der Waals surface area contributed by atoms with Gasteiger partial charge in [-0.2, -0.15) is 0 Å². The minimum atomic E-state index is -1.02. The first-order valence-corrected chi connectivity index (χ1v) is 20.3. The van der Waals surface area contributed by atoms with Crippen molar-refractivity contribution < 1.29 is 28.8 Å². The van der Waals surface area contributed by atoms with Gasteiger partial charge in [-0.15, -0.1) is 6.58 Å². The summed E-state index contributed by atoms with van der Waals surface area (Å²) in [5, 5.41) is 11.6. The molecule has 2 heterocycles. The molecule has 4 fully saturated rings. The fourth-order valence-corrected chi connectivity index (χ4v) is 9.85. The second kappa shape index (κ2) is 15.9. The minimum Gasteiger partial charge on any atom is -0.346 e. The van der Waals surface area contributed by atoms with E-state index < -0.39 is 59.0 Å². The number of aromatic nitrogens is 2. The minimum absolute atomic E-state index is 0.0490. The van der Waals surface area contributed by atoms with E-state index in [1.54, 1.807) is 4.90 Å². The van der Waals surface area contributed by atoms with Crippen molar-refractivity contribution in [1.29, 1.82) is 0 Å². The van der Waals surface area contributed by atoms with Gasteiger partial charge in [0.25, 0.3) is 11.8 Å². The molecule has 13 nitrogen and oxygen atoms in total. The predicted octanol–water partition coefficient (Wildman–Crippen LogP) is 3.08. The van der Waals surface area contributed by atoms with Crippen LogP contribution in [-0.2, 0) is 36.8 Å². The van der Waals surface area contributed by atoms with E-state index in [0.717, 1.165) is 56.1 Å². The summed E-state index contributed by atoms with van der Waals surface area (Å²) in [5.74, 6) is -3.46. The molecule has 0 bridgehead atoms. The number of Topliss-reactive ketones (excluding diaryl/α,β-unsaturated/α-hetero) is 1. The Kier molecular flexibility index (Phi) is 11.2. The van der Waals surface area contributed by atoms with Crippen LogP contribution in [0.2, 0.25) is 0 Å². The van der Waals surface area contributed by atoms with E-state index in [-0.39, 0.29) is 47.2 Å². The van der Waals surface area contributed by atoms with E-state index >= 15 is 4.79 Å². The number of carbonyl (C=O) groups is 6. The third-order valence-corrected chi connectivity index (χ3v) is 13.4. The highest BCUT2D eigenvalue weighted by molar-refractivity contribution is 6.38. The number of rotatable bonds is 15. The molecule has 1 aromatic carbocycles. The molecule has 1 aliphatic heterocycles. The van der Waals surface area contributed by atoms with Crippen LogP contribution >= 0.6 is 0 Å². The van der Waals surface area contributed by atoms with Gasteiger partial charge >= 0.3 is 0 Å². The van der Waals surface area contributed by atoms with Crippen molar-refractivity contribution in [1.82, 2.24) is 36.1 Å². The quantitative estimate of drug-likeness (QED) is 0.158. The third-order valence-electron chi connectivity index (χ3n) is 13.4. The van der Waals surface area contributed by atoms with Crippen molar-refractivity contribution in [3.63, 3.8) is 0 Å². The van der Waals surface area contributed by atoms with Gasteiger partial charge in [-0.25, -0.2) is 4.98 Å². The van der Waals surface area contributed by atoms with E-state index in [4.69, 9.17) is 0 Å². The summed E-state index contributed by atoms with van der Waals surface area (Å²) in [5.41, 5.74) is 1.51. The number of nitrogens with one attached hydrogen (secondary N) is 4. The van der Waals surface area contributed by atoms with Crippen molar-refractivity contribution in [2.45, 2.75) is 109 Å². The molecule has 0 radical (unpaired) electrons. The monoisotopic (exact) mass is 765 g/mol. The number of carbonyl (C=O) groups excluding carboxylic acids is 6. The van der Waals surface area contributed by atoms with Crippen molar-refractivity contribution in [3.05, 3.63) is 72.3 Å². The molecular formula is C43H55N7O6. The van der Waals surface area contributed by atoms with Gasteiger partial charge in [-0.3, -0.25) is 33.8 Å². The second-order valence-corrected chi connectivity index (χ2v) is 17.6. The lowest BCUT2D eigenvalue weighted by molar-refractivity contribution is -0.146. The van der Waals surface area contributed by atoms with E-state index in [9.17, 15) is 24.0 Å². The number of ketones is 1. The van der Waals surface area contributed by atoms with Crippen LogP contribution in [0, 0.1) is 34.5 Å². The number of fused-ring (bicyclic) bond motifs is 2. The maximum atomic E-state index is 15.2. The Hall–Kier alpha value is -4.94. The molecule has 5 amide bonds. The van der Waals surface area contributed by atoms with E-state index in [2.05, 4.69) is 51.7 Å². The summed E-state index contributed by atoms with van der Waals surface area (Å²) in [4.78, 5) is 93.8. The first kappa shape index (κ1) is 39.3. The Labute approximate surface area is 328 Å². The van der Waals surface area contributed by atoms with Crippen LogP contribution in [0.5, 0.6) is 0 Å². The maximum Gasteiger partial charge on any atom is 0.289 e. The molecule has 4 N–H and O–H groups in total. The highest BCUT2D eigenvalue weighted by Gasteiger charge is 2.70. The lowest BCUT2D eigenvalue weighted by atomic mass is 9.70. The normalized spacial score (nSPS) is 24.7. The van der Waals surface area contributed by atoms with Crippen LogP contribution < -0.4 is 21.3 Å². The lowest BCUT2D eigenvalue weighted by Crippen LogP contribution is -2.63. The zero-order chi connectivity index (χ0) is 39.8. The smallest absolute Gasteiger partial charge is 0.289 e. The molecule has 1 saturated heterocycles. The van der Waals surface area contributed by atoms with Gasteiger partial charge < -0.3 is 26.2 Å². The van der Waals surface area contributed by atoms with Crippen molar-refractivity contribution in [3.8, 4) is 0 Å². The first-order chi connectivity index (χ1) is 26.8. The molecule has 4 aliphatic carbocycles. The molecule has 13 heteroatoms. The van der Waals surface area contributed by atoms with E-state index in [0.29, 0.717) is 25.8 Å². The molecule has 2 aromatic rings. The Morgan fingerprint density at radius 2 is 1.64 bits per heavy atom. The van der Waals surface area contributed by atoms with Gasteiger partial charge in [0.1, 0.15) is 23.8 Å². The van der Waals surface area contributed by atoms with Gasteiger partial charge in [0.05, 0.1) is 12.2 Å². The van der Waals surface area contributed by atoms with Crippen LogP contribution in [0.25, 0.3) is 0 Å². The van der Waals surface area contributed by atoms with Gasteiger partial charge in [-0.1, -0.05) is 83.2 Å². The fraction of sp³-hybridized carbons (Fsp3) is 0.581. The summed E-state index contributed by atoms with van der Waals surface area (Å²) >= 11 is 0. The van der Waals surface area contributed by atoms with E-state index in [1.807, 2.05) is 31.2 Å². The van der Waals surface area contributed by atoms with Crippen molar-refractivity contribution >= 4 is 35.3 Å². The highest BCUT2D eigenvalue weighted by Crippen LogP contribution is 2.65. The molecule has 7 rings (SSSR count). The van der Waals surface area contributed by atoms with Gasteiger partial charge in [-0.05, 0) is 77.7 Å². The number of likely N-dealkylation sites (tertiary alicyclic amines) is 1. The standard InChI is InChI=1S/C43H55N7O6/c1-5-17-46-39(54)35(51)30(20-25-13-14-25)47-38(53)34-32-29(42(32,2)3)24-50(34)41(56)33(28-21-26-11-7-8-12-27(26)22-28)48-40(55)36(43(4)15-9-6-10-16-43)49-37(52)31-23-44-18-19-45-31/h5,7-8,11-12,18-19,23,25,28-30,32-34,36H,1,6,9-10,13-17,20-22,24H2,2-4H3,(H,46,54)(H,47,53)(H,48,55)(H,49,52). The summed E-state index contributed by atoms with van der Waals surface area (Å²) in [6.45, 7) is 10.2. The van der Waals surface area contributed by atoms with Gasteiger partial charge in [0, 0.05) is 25.5 Å². The molecule has 5 aliphatic rings. The fourth-order valence-electron chi connectivity index (χ4n) is 9.85. The van der Waals surface area contributed by atoms with Crippen LogP contribution in [0.15, 0.2) is 55.5 Å². The van der Waals surface area contributed by atoms with E-state index in [1.165, 1.54) is 24.7 Å². The molecule has 3 saturated carbocycles. The number of benzene rings is 1. The Morgan fingerprint density at radius 1 is 0.946 bits per heavy atom. The van der Waals surface area contributed by atoms with Gasteiger partial charge in [0.15, 0.2) is 0 Å². The Bertz CT molecular complexity index is 1850. The highest BCUT2D eigenvalue weighted by atomic mass is 16.2. The molecule has 6 atom stereocenters. The van der Waals surface area contributed by atoms with Crippen LogP contribution in [0.1, 0.15) is 93.8 Å². The molecular weight excluding hydrogens is 711 g/mol. The number of amides is 5. The van der Waals surface area contributed by atoms with Crippen LogP contribution in [-0.4, -0.2) is 87.4 Å². The molecule has 0 spiro atoms. The largest absolute Gasteiger partial charge is 0.346 e. The van der Waals surface area contributed by atoms with Crippen LogP contribution in [0.3, 0.4) is 0 Å². The van der Waals surface area contributed by atoms with Crippen molar-refractivity contribution in [2.75, 3.05) is 13.1 Å². The number of piperidine rings is 1. The third kappa shape index (κ3) is 7.99. The number of nitrogens with zero attached hydrogens (tertiary/aromatic N) is 3. The predicted molar refractivity (Wildman–Crippen MR) is 207 cm³/mol. The number of hydrogen-bond donors (Lipinski definition) is 4. The average molecular weight is 766 g/mol. The number of hydrogen-bond acceptors (Lipinski definition) is 8. The second-order valence-electron chi connectivity index (χ2n) is 17.6. The molecule has 6 unspecified atom stereocenters. The zero-order valence-electron chi connectivity index (χ0n) is 32.7. The van der Waals surface area contributed by atoms with Crippen LogP contribution in [0.4, 0.5) is 0 Å². The summed E-state index contributed by atoms with van der Waals surface area (Å²) in [6.07, 6.45) is 13.3. The lowest BCUT2D eigenvalue weighted by Gasteiger charge is -2.41. The summed E-state index contributed by atoms with van der Waals surface area (Å²) in [6, 6.07) is 4.14. The maximum absolute atomic E-state index is 15.2. The zero-order valence-corrected chi connectivity index (χ0v) is 32.7. The summed E-state index contributed by atoms with van der Waals surface area (Å²) < 4.78 is 0. The SMILES string of the molecule is C=CCNC(=O)C(=O)C(CC1CC1)NC(=O)C1C2C(CN1C(=O)C(NC(=O)C(NC(=O)c1cnccn1)C1(C)CCCCC1)C1Cc3ccccc3C1)C2(C)C. The summed E-state index contributed by atoms with van der Waals surface area (Å²) in [7, 11) is 0. The van der Waals surface area contributed by atoms with Gasteiger partial charge in [0.2, 0.25) is 23.5 Å². The average Bonchev–Trinajstić information content (AvgIpc) is 3.95. The molecule has 56 heavy (non-hydrogen) atoms. The molecule has 1 aromatic heterocycles. The Balaban J connectivity index is 1.17. The topological polar surface area (TPSA) is 180 Å². The molecule has 298 valence electrons.